The molecule has 6 nitrogen and oxygen atoms in total. The fourth-order valence-electron chi connectivity index (χ4n) is 6.41. The molecule has 0 saturated heterocycles. The van der Waals surface area contributed by atoms with Gasteiger partial charge in [0.05, 0.1) is 0 Å². The summed E-state index contributed by atoms with van der Waals surface area (Å²) in [6.45, 7) is 5.05. The molecular formula is C23H28O6. The minimum absolute atomic E-state index is 0.00403. The first kappa shape index (κ1) is 19.9. The fourth-order valence-corrected chi connectivity index (χ4v) is 6.41. The molecule has 1 N–H and O–H groups in total. The van der Waals surface area contributed by atoms with Crippen LogP contribution in [0.5, 0.6) is 5.75 Å². The average molecular weight is 400 g/mol. The molecule has 2 fully saturated rings. The number of ether oxygens (including phenoxy) is 2. The van der Waals surface area contributed by atoms with Crippen molar-refractivity contribution in [2.24, 2.45) is 17.3 Å². The molecule has 156 valence electrons. The van der Waals surface area contributed by atoms with Gasteiger partial charge < -0.3 is 14.6 Å². The lowest BCUT2D eigenvalue weighted by molar-refractivity contribution is -0.154. The highest BCUT2D eigenvalue weighted by Gasteiger charge is 2.56. The standard InChI is InChI=1S/C23H28O6/c1-12(24)28-20-9-8-19-16-5-6-17-14(15(16)10-11-23(19,20)3)4-7-18(22(26)27)21(17)29-13(2)25/h4,7,15-16,19-20H,5-6,8-11H2,1-3H3,(H,26,27). The van der Waals surface area contributed by atoms with Crippen molar-refractivity contribution in [1.82, 2.24) is 0 Å². The fraction of sp³-hybridized carbons (Fsp3) is 0.609. The van der Waals surface area contributed by atoms with Crippen LogP contribution in [0, 0.1) is 17.3 Å². The molecule has 0 aromatic heterocycles. The lowest BCUT2D eigenvalue weighted by Gasteiger charge is -2.50. The van der Waals surface area contributed by atoms with Gasteiger partial charge in [-0.1, -0.05) is 13.0 Å². The number of hydrogen-bond acceptors (Lipinski definition) is 5. The molecule has 0 spiro atoms. The van der Waals surface area contributed by atoms with E-state index in [-0.39, 0.29) is 28.8 Å². The summed E-state index contributed by atoms with van der Waals surface area (Å²) >= 11 is 0. The summed E-state index contributed by atoms with van der Waals surface area (Å²) < 4.78 is 11.1. The summed E-state index contributed by atoms with van der Waals surface area (Å²) in [5.41, 5.74) is 2.05. The third kappa shape index (κ3) is 3.22. The van der Waals surface area contributed by atoms with E-state index in [0.717, 1.165) is 43.2 Å². The predicted octanol–water partition coefficient (Wildman–Crippen LogP) is 4.10. The zero-order valence-electron chi connectivity index (χ0n) is 17.2. The summed E-state index contributed by atoms with van der Waals surface area (Å²) in [6.07, 6.45) is 5.52. The van der Waals surface area contributed by atoms with Gasteiger partial charge in [-0.05, 0) is 73.5 Å². The summed E-state index contributed by atoms with van der Waals surface area (Å²) in [7, 11) is 0. The van der Waals surface area contributed by atoms with Crippen LogP contribution < -0.4 is 4.74 Å². The first-order valence-corrected chi connectivity index (χ1v) is 10.5. The summed E-state index contributed by atoms with van der Waals surface area (Å²) in [5.74, 6) is -0.289. The number of carbonyl (C=O) groups is 3. The first-order chi connectivity index (χ1) is 13.7. The normalized spacial score (nSPS) is 32.5. The maximum Gasteiger partial charge on any atom is 0.339 e. The van der Waals surface area contributed by atoms with Gasteiger partial charge >= 0.3 is 17.9 Å². The molecule has 6 heteroatoms. The van der Waals surface area contributed by atoms with Gasteiger partial charge in [0.25, 0.3) is 0 Å². The van der Waals surface area contributed by atoms with E-state index in [1.807, 2.05) is 6.07 Å². The molecule has 0 aliphatic heterocycles. The van der Waals surface area contributed by atoms with Crippen molar-refractivity contribution in [3.63, 3.8) is 0 Å². The zero-order valence-corrected chi connectivity index (χ0v) is 17.2. The van der Waals surface area contributed by atoms with Crippen LogP contribution in [0.25, 0.3) is 0 Å². The molecule has 5 unspecified atom stereocenters. The molecule has 1 aromatic carbocycles. The largest absolute Gasteiger partial charge is 0.478 e. The van der Waals surface area contributed by atoms with Crippen LogP contribution >= 0.6 is 0 Å². The van der Waals surface area contributed by atoms with Crippen molar-refractivity contribution in [3.05, 3.63) is 28.8 Å². The lowest BCUT2D eigenvalue weighted by Crippen LogP contribution is -2.45. The summed E-state index contributed by atoms with van der Waals surface area (Å²) in [5, 5.41) is 9.54. The Hall–Kier alpha value is -2.37. The number of benzene rings is 1. The van der Waals surface area contributed by atoms with E-state index in [1.54, 1.807) is 6.07 Å². The predicted molar refractivity (Wildman–Crippen MR) is 105 cm³/mol. The van der Waals surface area contributed by atoms with Crippen molar-refractivity contribution in [1.29, 1.82) is 0 Å². The molecule has 1 aromatic rings. The Morgan fingerprint density at radius 1 is 1.07 bits per heavy atom. The molecule has 0 bridgehead atoms. The topological polar surface area (TPSA) is 89.9 Å². The Morgan fingerprint density at radius 3 is 2.48 bits per heavy atom. The summed E-state index contributed by atoms with van der Waals surface area (Å²) in [6, 6.07) is 3.50. The van der Waals surface area contributed by atoms with Crippen molar-refractivity contribution in [2.45, 2.75) is 71.3 Å². The minimum Gasteiger partial charge on any atom is -0.478 e. The second kappa shape index (κ2) is 7.15. The van der Waals surface area contributed by atoms with Crippen molar-refractivity contribution >= 4 is 17.9 Å². The number of carboxylic acid groups (broad SMARTS) is 1. The maximum absolute atomic E-state index is 11.7. The maximum atomic E-state index is 11.7. The average Bonchev–Trinajstić information content (AvgIpc) is 2.97. The molecule has 5 atom stereocenters. The summed E-state index contributed by atoms with van der Waals surface area (Å²) in [4.78, 5) is 34.8. The number of carboxylic acids is 1. The monoisotopic (exact) mass is 400 g/mol. The highest BCUT2D eigenvalue weighted by atomic mass is 16.5. The van der Waals surface area contributed by atoms with Crippen LogP contribution in [0.15, 0.2) is 12.1 Å². The van der Waals surface area contributed by atoms with Gasteiger partial charge in [0.1, 0.15) is 17.4 Å². The molecule has 4 rings (SSSR count). The van der Waals surface area contributed by atoms with Crippen LogP contribution in [0.4, 0.5) is 0 Å². The van der Waals surface area contributed by atoms with Gasteiger partial charge in [0.2, 0.25) is 0 Å². The number of carbonyl (C=O) groups excluding carboxylic acids is 2. The van der Waals surface area contributed by atoms with Crippen LogP contribution in [0.2, 0.25) is 0 Å². The quantitative estimate of drug-likeness (QED) is 0.607. The van der Waals surface area contributed by atoms with Gasteiger partial charge in [0, 0.05) is 19.3 Å². The number of esters is 2. The lowest BCUT2D eigenvalue weighted by atomic mass is 9.55. The smallest absolute Gasteiger partial charge is 0.339 e. The Kier molecular flexibility index (Phi) is 4.91. The minimum atomic E-state index is -1.08. The highest BCUT2D eigenvalue weighted by Crippen LogP contribution is 2.62. The van der Waals surface area contributed by atoms with Crippen LogP contribution in [0.3, 0.4) is 0 Å². The third-order valence-electron chi connectivity index (χ3n) is 7.56. The van der Waals surface area contributed by atoms with Gasteiger partial charge in [-0.2, -0.15) is 0 Å². The van der Waals surface area contributed by atoms with E-state index >= 15 is 0 Å². The molecule has 29 heavy (non-hydrogen) atoms. The van der Waals surface area contributed by atoms with E-state index < -0.39 is 11.9 Å². The van der Waals surface area contributed by atoms with Gasteiger partial charge in [-0.3, -0.25) is 9.59 Å². The molecule has 2 saturated carbocycles. The van der Waals surface area contributed by atoms with Crippen LogP contribution in [0.1, 0.15) is 80.3 Å². The van der Waals surface area contributed by atoms with Gasteiger partial charge in [0.15, 0.2) is 0 Å². The second-order valence-corrected chi connectivity index (χ2v) is 9.04. The van der Waals surface area contributed by atoms with Crippen molar-refractivity contribution in [3.8, 4) is 5.75 Å². The molecule has 0 amide bonds. The van der Waals surface area contributed by atoms with Crippen molar-refractivity contribution < 1.29 is 29.0 Å². The second-order valence-electron chi connectivity index (χ2n) is 9.04. The third-order valence-corrected chi connectivity index (χ3v) is 7.56. The Labute approximate surface area is 170 Å². The van der Waals surface area contributed by atoms with E-state index in [0.29, 0.717) is 24.2 Å². The zero-order chi connectivity index (χ0) is 20.9. The van der Waals surface area contributed by atoms with E-state index in [9.17, 15) is 19.5 Å². The first-order valence-electron chi connectivity index (χ1n) is 10.5. The van der Waals surface area contributed by atoms with Crippen LogP contribution in [-0.4, -0.2) is 29.1 Å². The Morgan fingerprint density at radius 2 is 1.83 bits per heavy atom. The molecule has 0 radical (unpaired) electrons. The molecule has 0 heterocycles. The van der Waals surface area contributed by atoms with E-state index in [1.165, 1.54) is 13.8 Å². The van der Waals surface area contributed by atoms with Crippen molar-refractivity contribution in [2.75, 3.05) is 0 Å². The Balaban J connectivity index is 1.69. The van der Waals surface area contributed by atoms with Gasteiger partial charge in [-0.25, -0.2) is 4.79 Å². The van der Waals surface area contributed by atoms with E-state index in [2.05, 4.69) is 6.92 Å². The number of fused-ring (bicyclic) bond motifs is 5. The SMILES string of the molecule is CC(=O)Oc1c(C(=O)O)ccc2c1CCC1C2CCC2(C)C(OC(C)=O)CCC12. The van der Waals surface area contributed by atoms with Crippen LogP contribution in [-0.2, 0) is 20.7 Å². The molecule has 3 aliphatic rings. The van der Waals surface area contributed by atoms with Gasteiger partial charge in [-0.15, -0.1) is 0 Å². The highest BCUT2D eigenvalue weighted by molar-refractivity contribution is 5.93. The number of hydrogen-bond donors (Lipinski definition) is 1. The number of rotatable bonds is 3. The molecular weight excluding hydrogens is 372 g/mol. The Bertz CT molecular complexity index is 874. The molecule has 3 aliphatic carbocycles. The number of aromatic carboxylic acids is 1. The van der Waals surface area contributed by atoms with E-state index in [4.69, 9.17) is 9.47 Å².